The summed E-state index contributed by atoms with van der Waals surface area (Å²) < 4.78 is 5.51. The summed E-state index contributed by atoms with van der Waals surface area (Å²) in [6, 6.07) is -0.338. The molecule has 0 saturated carbocycles. The molecule has 8 nitrogen and oxygen atoms in total. The fourth-order valence-electron chi connectivity index (χ4n) is 3.34. The predicted molar refractivity (Wildman–Crippen MR) is 100 cm³/mol. The van der Waals surface area contributed by atoms with E-state index in [1.165, 1.54) is 0 Å². The van der Waals surface area contributed by atoms with Crippen molar-refractivity contribution in [3.63, 3.8) is 0 Å². The number of nitrogens with zero attached hydrogens (tertiary/aromatic N) is 4. The molecular formula is C18H24N6O2. The van der Waals surface area contributed by atoms with Gasteiger partial charge in [0, 0.05) is 17.3 Å². The zero-order chi connectivity index (χ0) is 18.8. The molecule has 1 amide bonds. The Morgan fingerprint density at radius 1 is 1.31 bits per heavy atom. The Morgan fingerprint density at radius 3 is 2.77 bits per heavy atom. The molecule has 3 heterocycles. The van der Waals surface area contributed by atoms with Gasteiger partial charge in [-0.05, 0) is 20.3 Å². The van der Waals surface area contributed by atoms with Crippen molar-refractivity contribution in [3.8, 4) is 5.75 Å². The SMILES string of the molecule is CCC[C@H]1C(=O)Nc2cnc(N)nc2N1Cc1ncc(C)c(OC)c1C. The fourth-order valence-corrected chi connectivity index (χ4v) is 3.34. The maximum Gasteiger partial charge on any atom is 0.247 e. The van der Waals surface area contributed by atoms with E-state index in [0.717, 1.165) is 29.0 Å². The number of carbonyl (C=O) groups excluding carboxylic acids is 1. The number of fused-ring (bicyclic) bond motifs is 1. The second-order valence-corrected chi connectivity index (χ2v) is 6.43. The molecular weight excluding hydrogens is 332 g/mol. The van der Waals surface area contributed by atoms with Crippen LogP contribution < -0.4 is 20.7 Å². The number of hydrogen-bond acceptors (Lipinski definition) is 7. The lowest BCUT2D eigenvalue weighted by molar-refractivity contribution is -0.117. The normalized spacial score (nSPS) is 16.2. The summed E-state index contributed by atoms with van der Waals surface area (Å²) in [5.41, 5.74) is 9.12. The maximum absolute atomic E-state index is 12.6. The van der Waals surface area contributed by atoms with Gasteiger partial charge < -0.3 is 20.7 Å². The van der Waals surface area contributed by atoms with Crippen molar-refractivity contribution in [3.05, 3.63) is 29.2 Å². The van der Waals surface area contributed by atoms with E-state index in [0.29, 0.717) is 24.5 Å². The molecule has 0 unspecified atom stereocenters. The van der Waals surface area contributed by atoms with Crippen molar-refractivity contribution >= 4 is 23.4 Å². The Labute approximate surface area is 152 Å². The lowest BCUT2D eigenvalue weighted by atomic mass is 10.0. The van der Waals surface area contributed by atoms with Crippen molar-refractivity contribution in [2.24, 2.45) is 0 Å². The average molecular weight is 356 g/mol. The number of aryl methyl sites for hydroxylation is 1. The molecule has 2 aromatic heterocycles. The van der Waals surface area contributed by atoms with E-state index < -0.39 is 0 Å². The third-order valence-electron chi connectivity index (χ3n) is 4.63. The smallest absolute Gasteiger partial charge is 0.247 e. The van der Waals surface area contributed by atoms with Crippen molar-refractivity contribution in [1.82, 2.24) is 15.0 Å². The van der Waals surface area contributed by atoms with Gasteiger partial charge >= 0.3 is 0 Å². The van der Waals surface area contributed by atoms with E-state index in [9.17, 15) is 4.79 Å². The Morgan fingerprint density at radius 2 is 2.08 bits per heavy atom. The van der Waals surface area contributed by atoms with Crippen LogP contribution in [0.5, 0.6) is 5.75 Å². The average Bonchev–Trinajstić information content (AvgIpc) is 2.61. The van der Waals surface area contributed by atoms with Crippen LogP contribution in [0.1, 0.15) is 36.6 Å². The number of nitrogens with two attached hydrogens (primary N) is 1. The Bertz CT molecular complexity index is 839. The van der Waals surface area contributed by atoms with Crippen molar-refractivity contribution in [2.75, 3.05) is 23.1 Å². The second kappa shape index (κ2) is 7.15. The molecule has 138 valence electrons. The number of pyridine rings is 1. The number of nitrogen functional groups attached to an aromatic ring is 1. The molecule has 0 aromatic carbocycles. The minimum atomic E-state index is -0.338. The molecule has 0 radical (unpaired) electrons. The van der Waals surface area contributed by atoms with Crippen molar-refractivity contribution < 1.29 is 9.53 Å². The van der Waals surface area contributed by atoms with Gasteiger partial charge in [-0.1, -0.05) is 13.3 Å². The number of nitrogens with one attached hydrogen (secondary N) is 1. The van der Waals surface area contributed by atoms with Crippen LogP contribution in [0.15, 0.2) is 12.4 Å². The number of ether oxygens (including phenoxy) is 1. The lowest BCUT2D eigenvalue weighted by Gasteiger charge is -2.37. The minimum absolute atomic E-state index is 0.0653. The molecule has 0 fully saturated rings. The highest BCUT2D eigenvalue weighted by Crippen LogP contribution is 2.34. The van der Waals surface area contributed by atoms with E-state index in [2.05, 4.69) is 20.3 Å². The van der Waals surface area contributed by atoms with Gasteiger partial charge in [0.15, 0.2) is 5.82 Å². The molecule has 0 aliphatic carbocycles. The summed E-state index contributed by atoms with van der Waals surface area (Å²) in [7, 11) is 1.65. The molecule has 8 heteroatoms. The number of amides is 1. The number of aromatic nitrogens is 3. The quantitative estimate of drug-likeness (QED) is 0.846. The van der Waals surface area contributed by atoms with E-state index in [-0.39, 0.29) is 17.9 Å². The molecule has 1 aliphatic rings. The first-order chi connectivity index (χ1) is 12.5. The lowest BCUT2D eigenvalue weighted by Crippen LogP contribution is -2.48. The van der Waals surface area contributed by atoms with Gasteiger partial charge in [-0.3, -0.25) is 9.78 Å². The van der Waals surface area contributed by atoms with Gasteiger partial charge in [-0.25, -0.2) is 4.98 Å². The molecule has 3 rings (SSSR count). The standard InChI is InChI=1S/C18H24N6O2/c1-5-6-14-17(25)22-12-8-21-18(19)23-16(12)24(14)9-13-11(3)15(26-4)10(2)7-20-13/h7-8,14H,5-6,9H2,1-4H3,(H,22,25)(H2,19,21,23)/t14-/m0/s1. The Kier molecular flexibility index (Phi) is 4.92. The number of methoxy groups -OCH3 is 1. The van der Waals surface area contributed by atoms with E-state index in [1.54, 1.807) is 19.5 Å². The monoisotopic (exact) mass is 356 g/mol. The molecule has 1 aliphatic heterocycles. The molecule has 0 saturated heterocycles. The number of carbonyl (C=O) groups is 1. The summed E-state index contributed by atoms with van der Waals surface area (Å²) in [6.07, 6.45) is 4.90. The summed E-state index contributed by atoms with van der Waals surface area (Å²) in [6.45, 7) is 6.42. The molecule has 1 atom stereocenters. The van der Waals surface area contributed by atoms with E-state index in [1.807, 2.05) is 25.7 Å². The Balaban J connectivity index is 2.06. The summed E-state index contributed by atoms with van der Waals surface area (Å²) in [5, 5.41) is 2.88. The van der Waals surface area contributed by atoms with Crippen molar-refractivity contribution in [2.45, 2.75) is 46.2 Å². The molecule has 0 spiro atoms. The van der Waals surface area contributed by atoms with Gasteiger partial charge in [0.2, 0.25) is 11.9 Å². The summed E-state index contributed by atoms with van der Waals surface area (Å²) in [4.78, 5) is 27.5. The topological polar surface area (TPSA) is 106 Å². The Hall–Kier alpha value is -2.90. The van der Waals surface area contributed by atoms with Crippen LogP contribution >= 0.6 is 0 Å². The van der Waals surface area contributed by atoms with Crippen LogP contribution in [-0.2, 0) is 11.3 Å². The van der Waals surface area contributed by atoms with Crippen LogP contribution in [-0.4, -0.2) is 34.0 Å². The number of rotatable bonds is 5. The highest BCUT2D eigenvalue weighted by molar-refractivity contribution is 6.02. The maximum atomic E-state index is 12.6. The van der Waals surface area contributed by atoms with Crippen LogP contribution in [0.4, 0.5) is 17.5 Å². The van der Waals surface area contributed by atoms with Gasteiger partial charge in [-0.2, -0.15) is 4.98 Å². The molecule has 3 N–H and O–H groups in total. The minimum Gasteiger partial charge on any atom is -0.496 e. The van der Waals surface area contributed by atoms with Gasteiger partial charge in [0.1, 0.15) is 17.5 Å². The van der Waals surface area contributed by atoms with E-state index in [4.69, 9.17) is 10.5 Å². The first-order valence-corrected chi connectivity index (χ1v) is 8.65. The fraction of sp³-hybridized carbons (Fsp3) is 0.444. The predicted octanol–water partition coefficient (Wildman–Crippen LogP) is 2.21. The molecule has 0 bridgehead atoms. The van der Waals surface area contributed by atoms with Crippen LogP contribution in [0.25, 0.3) is 0 Å². The summed E-state index contributed by atoms with van der Waals surface area (Å²) in [5.74, 6) is 1.54. The first-order valence-electron chi connectivity index (χ1n) is 8.65. The number of anilines is 3. The van der Waals surface area contributed by atoms with Crippen molar-refractivity contribution in [1.29, 1.82) is 0 Å². The van der Waals surface area contributed by atoms with Crippen LogP contribution in [0, 0.1) is 13.8 Å². The largest absolute Gasteiger partial charge is 0.496 e. The van der Waals surface area contributed by atoms with Gasteiger partial charge in [0.05, 0.1) is 25.5 Å². The zero-order valence-corrected chi connectivity index (χ0v) is 15.5. The second-order valence-electron chi connectivity index (χ2n) is 6.43. The molecule has 2 aromatic rings. The zero-order valence-electron chi connectivity index (χ0n) is 15.5. The number of hydrogen-bond donors (Lipinski definition) is 2. The molecule has 26 heavy (non-hydrogen) atoms. The van der Waals surface area contributed by atoms with E-state index >= 15 is 0 Å². The highest BCUT2D eigenvalue weighted by Gasteiger charge is 2.34. The summed E-state index contributed by atoms with van der Waals surface area (Å²) >= 11 is 0. The first kappa shape index (κ1) is 17.9. The van der Waals surface area contributed by atoms with Gasteiger partial charge in [-0.15, -0.1) is 0 Å². The van der Waals surface area contributed by atoms with Gasteiger partial charge in [0.25, 0.3) is 0 Å². The van der Waals surface area contributed by atoms with Crippen LogP contribution in [0.2, 0.25) is 0 Å². The third-order valence-corrected chi connectivity index (χ3v) is 4.63. The van der Waals surface area contributed by atoms with Crippen LogP contribution in [0.3, 0.4) is 0 Å². The highest BCUT2D eigenvalue weighted by atomic mass is 16.5. The third kappa shape index (κ3) is 3.14.